The Balaban J connectivity index is 0.00000320. The number of aromatic nitrogens is 2. The van der Waals surface area contributed by atoms with Gasteiger partial charge in [-0.15, -0.1) is 24.0 Å². The molecule has 0 aliphatic carbocycles. The van der Waals surface area contributed by atoms with Crippen LogP contribution in [0.4, 0.5) is 0 Å². The fraction of sp³-hybridized carbons (Fsp3) is 0.333. The molecule has 1 heterocycles. The third-order valence-electron chi connectivity index (χ3n) is 4.87. The first-order valence-electron chi connectivity index (χ1n) is 10.3. The topological polar surface area (TPSA) is 54.2 Å². The first kappa shape index (κ1) is 23.9. The highest BCUT2D eigenvalue weighted by Gasteiger charge is 2.07. The first-order chi connectivity index (χ1) is 14.1. The normalized spacial score (nSPS) is 12.2. The van der Waals surface area contributed by atoms with Crippen LogP contribution in [-0.4, -0.2) is 28.6 Å². The number of guanidine groups is 1. The number of imidazole rings is 1. The average Bonchev–Trinajstić information content (AvgIpc) is 3.23. The van der Waals surface area contributed by atoms with Gasteiger partial charge in [-0.3, -0.25) is 0 Å². The molecule has 0 saturated carbocycles. The highest BCUT2D eigenvalue weighted by molar-refractivity contribution is 14.0. The number of nitrogens with zero attached hydrogens (tertiary/aromatic N) is 3. The smallest absolute Gasteiger partial charge is 0.191 e. The zero-order valence-electron chi connectivity index (χ0n) is 18.0. The maximum absolute atomic E-state index is 4.78. The molecule has 0 spiro atoms. The minimum absolute atomic E-state index is 0. The molecule has 0 fully saturated rings. The van der Waals surface area contributed by atoms with Gasteiger partial charge in [-0.05, 0) is 36.5 Å². The van der Waals surface area contributed by atoms with Gasteiger partial charge in [0.15, 0.2) is 5.96 Å². The van der Waals surface area contributed by atoms with Gasteiger partial charge >= 0.3 is 0 Å². The lowest BCUT2D eigenvalue weighted by Crippen LogP contribution is -2.39. The van der Waals surface area contributed by atoms with Crippen LogP contribution in [0.1, 0.15) is 42.0 Å². The van der Waals surface area contributed by atoms with Crippen LogP contribution in [0.2, 0.25) is 0 Å². The Morgan fingerprint density at radius 1 is 1.10 bits per heavy atom. The largest absolute Gasteiger partial charge is 0.357 e. The van der Waals surface area contributed by atoms with E-state index in [0.29, 0.717) is 12.5 Å². The van der Waals surface area contributed by atoms with E-state index >= 15 is 0 Å². The molecular weight excluding hydrogens is 485 g/mol. The van der Waals surface area contributed by atoms with Gasteiger partial charge in [-0.2, -0.15) is 0 Å². The molecule has 0 radical (unpaired) electrons. The van der Waals surface area contributed by atoms with Crippen LogP contribution in [0.3, 0.4) is 0 Å². The summed E-state index contributed by atoms with van der Waals surface area (Å²) in [6.45, 7) is 9.62. The van der Waals surface area contributed by atoms with Gasteiger partial charge in [0, 0.05) is 32.0 Å². The molecule has 1 aromatic heterocycles. The van der Waals surface area contributed by atoms with E-state index in [0.717, 1.165) is 25.6 Å². The number of rotatable bonds is 8. The number of benzene rings is 2. The summed E-state index contributed by atoms with van der Waals surface area (Å²) in [5, 5.41) is 6.83. The van der Waals surface area contributed by atoms with Crippen molar-refractivity contribution in [3.8, 4) is 0 Å². The van der Waals surface area contributed by atoms with Gasteiger partial charge < -0.3 is 15.2 Å². The zero-order valence-corrected chi connectivity index (χ0v) is 20.3. The van der Waals surface area contributed by atoms with E-state index in [1.807, 2.05) is 12.5 Å². The fourth-order valence-electron chi connectivity index (χ4n) is 3.27. The second kappa shape index (κ2) is 12.4. The van der Waals surface area contributed by atoms with Crippen LogP contribution in [-0.2, 0) is 13.1 Å². The van der Waals surface area contributed by atoms with Gasteiger partial charge in [-0.1, -0.05) is 61.0 Å². The van der Waals surface area contributed by atoms with E-state index in [9.17, 15) is 0 Å². The van der Waals surface area contributed by atoms with Crippen LogP contribution in [0.15, 0.2) is 72.2 Å². The van der Waals surface area contributed by atoms with E-state index in [1.165, 1.54) is 22.3 Å². The molecule has 30 heavy (non-hydrogen) atoms. The lowest BCUT2D eigenvalue weighted by molar-refractivity contribution is 0.699. The van der Waals surface area contributed by atoms with Crippen molar-refractivity contribution >= 4 is 29.9 Å². The summed E-state index contributed by atoms with van der Waals surface area (Å²) in [5.74, 6) is 1.27. The standard InChI is InChI=1S/C24H31N5.HI/c1-4-26-24(27-15-20(3)23-10-5-7-19(2)13-23)28-16-21-8-6-9-22(14-21)17-29-12-11-25-18-29;/h5-14,18,20H,4,15-17H2,1-3H3,(H2,26,27,28);1H. The van der Waals surface area contributed by atoms with Gasteiger partial charge in [-0.25, -0.2) is 9.98 Å². The van der Waals surface area contributed by atoms with Crippen molar-refractivity contribution < 1.29 is 0 Å². The fourth-order valence-corrected chi connectivity index (χ4v) is 3.27. The van der Waals surface area contributed by atoms with E-state index in [4.69, 9.17) is 4.99 Å². The zero-order chi connectivity index (χ0) is 20.5. The van der Waals surface area contributed by atoms with Crippen molar-refractivity contribution in [2.45, 2.75) is 39.8 Å². The average molecular weight is 517 g/mol. The maximum atomic E-state index is 4.78. The predicted molar refractivity (Wildman–Crippen MR) is 136 cm³/mol. The van der Waals surface area contributed by atoms with Gasteiger partial charge in [0.2, 0.25) is 0 Å². The predicted octanol–water partition coefficient (Wildman–Crippen LogP) is 4.72. The number of hydrogen-bond acceptors (Lipinski definition) is 2. The summed E-state index contributed by atoms with van der Waals surface area (Å²) in [6.07, 6.45) is 5.63. The molecule has 0 bridgehead atoms. The Hall–Kier alpha value is -2.35. The highest BCUT2D eigenvalue weighted by atomic mass is 127. The van der Waals surface area contributed by atoms with Crippen molar-refractivity contribution in [2.75, 3.05) is 13.1 Å². The summed E-state index contributed by atoms with van der Waals surface area (Å²) in [5.41, 5.74) is 5.10. The van der Waals surface area contributed by atoms with E-state index in [-0.39, 0.29) is 24.0 Å². The Bertz CT molecular complexity index is 921. The number of hydrogen-bond donors (Lipinski definition) is 2. The molecule has 160 valence electrons. The number of halogens is 1. The van der Waals surface area contributed by atoms with Crippen LogP contribution < -0.4 is 10.6 Å². The Labute approximate surface area is 197 Å². The van der Waals surface area contributed by atoms with E-state index < -0.39 is 0 Å². The Morgan fingerprint density at radius 2 is 1.90 bits per heavy atom. The SMILES string of the molecule is CCNC(=NCc1cccc(Cn2ccnc2)c1)NCC(C)c1cccc(C)c1.I. The van der Waals surface area contributed by atoms with Crippen molar-refractivity contribution in [3.63, 3.8) is 0 Å². The van der Waals surface area contributed by atoms with Crippen molar-refractivity contribution in [1.29, 1.82) is 0 Å². The Morgan fingerprint density at radius 3 is 2.63 bits per heavy atom. The van der Waals surface area contributed by atoms with Crippen molar-refractivity contribution in [2.24, 2.45) is 4.99 Å². The molecule has 0 saturated heterocycles. The van der Waals surface area contributed by atoms with Crippen molar-refractivity contribution in [1.82, 2.24) is 20.2 Å². The molecule has 3 aromatic rings. The maximum Gasteiger partial charge on any atom is 0.191 e. The van der Waals surface area contributed by atoms with Crippen LogP contribution >= 0.6 is 24.0 Å². The number of nitrogens with one attached hydrogen (secondary N) is 2. The molecule has 3 rings (SSSR count). The van der Waals surface area contributed by atoms with Crippen LogP contribution in [0.5, 0.6) is 0 Å². The van der Waals surface area contributed by atoms with Gasteiger partial charge in [0.1, 0.15) is 0 Å². The molecule has 1 atom stereocenters. The number of aliphatic imine (C=N–C) groups is 1. The monoisotopic (exact) mass is 517 g/mol. The summed E-state index contributed by atoms with van der Waals surface area (Å²) >= 11 is 0. The molecule has 2 aromatic carbocycles. The first-order valence-corrected chi connectivity index (χ1v) is 10.3. The molecule has 0 amide bonds. The second-order valence-electron chi connectivity index (χ2n) is 7.45. The molecule has 6 heteroatoms. The van der Waals surface area contributed by atoms with E-state index in [2.05, 4.69) is 89.5 Å². The molecule has 0 aliphatic rings. The minimum atomic E-state index is 0. The lowest BCUT2D eigenvalue weighted by atomic mass is 9.99. The third kappa shape index (κ3) is 7.48. The third-order valence-corrected chi connectivity index (χ3v) is 4.87. The summed E-state index contributed by atoms with van der Waals surface area (Å²) in [6, 6.07) is 17.3. The minimum Gasteiger partial charge on any atom is -0.357 e. The Kier molecular flexibility index (Phi) is 9.86. The van der Waals surface area contributed by atoms with Crippen LogP contribution in [0.25, 0.3) is 0 Å². The van der Waals surface area contributed by atoms with Crippen molar-refractivity contribution in [3.05, 3.63) is 89.5 Å². The molecule has 5 nitrogen and oxygen atoms in total. The van der Waals surface area contributed by atoms with Gasteiger partial charge in [0.05, 0.1) is 12.9 Å². The molecule has 0 aliphatic heterocycles. The lowest BCUT2D eigenvalue weighted by Gasteiger charge is -2.17. The summed E-state index contributed by atoms with van der Waals surface area (Å²) in [7, 11) is 0. The van der Waals surface area contributed by atoms with Gasteiger partial charge in [0.25, 0.3) is 0 Å². The highest BCUT2D eigenvalue weighted by Crippen LogP contribution is 2.15. The summed E-state index contributed by atoms with van der Waals surface area (Å²) < 4.78 is 2.07. The molecule has 1 unspecified atom stereocenters. The molecule has 2 N–H and O–H groups in total. The van der Waals surface area contributed by atoms with E-state index in [1.54, 1.807) is 6.20 Å². The summed E-state index contributed by atoms with van der Waals surface area (Å²) in [4.78, 5) is 8.89. The molecular formula is C24H32IN5. The van der Waals surface area contributed by atoms with Crippen LogP contribution in [0, 0.1) is 6.92 Å². The quantitative estimate of drug-likeness (QED) is 0.259. The second-order valence-corrected chi connectivity index (χ2v) is 7.45. The number of aryl methyl sites for hydroxylation is 1.